The highest BCUT2D eigenvalue weighted by atomic mass is 16.4. The molecule has 0 radical (unpaired) electrons. The predicted octanol–water partition coefficient (Wildman–Crippen LogP) is -1.11. The van der Waals surface area contributed by atoms with E-state index < -0.39 is 78.1 Å². The molecule has 0 aliphatic heterocycles. The zero-order chi connectivity index (χ0) is 25.9. The van der Waals surface area contributed by atoms with Gasteiger partial charge in [-0.1, -0.05) is 27.7 Å². The van der Waals surface area contributed by atoms with Crippen molar-refractivity contribution in [1.82, 2.24) is 16.0 Å². The van der Waals surface area contributed by atoms with Gasteiger partial charge in [0.1, 0.15) is 18.1 Å². The molecule has 188 valence electrons. The summed E-state index contributed by atoms with van der Waals surface area (Å²) in [5.74, 6) is -6.98. The van der Waals surface area contributed by atoms with Crippen molar-refractivity contribution in [1.29, 1.82) is 0 Å². The number of nitrogens with one attached hydrogen (secondary N) is 3. The lowest BCUT2D eigenvalue weighted by Crippen LogP contribution is -2.59. The fourth-order valence-corrected chi connectivity index (χ4v) is 2.77. The molecule has 0 bridgehead atoms. The maximum Gasteiger partial charge on any atom is 0.326 e. The Morgan fingerprint density at radius 3 is 1.55 bits per heavy atom. The molecular formula is C20H34N4O9. The first-order chi connectivity index (χ1) is 15.2. The third kappa shape index (κ3) is 11.3. The lowest BCUT2D eigenvalue weighted by molar-refractivity contribution is -0.144. The van der Waals surface area contributed by atoms with Gasteiger partial charge in [-0.15, -0.1) is 0 Å². The molecule has 0 aliphatic rings. The van der Waals surface area contributed by atoms with Gasteiger partial charge < -0.3 is 37.0 Å². The van der Waals surface area contributed by atoms with Crippen LogP contribution in [0.1, 0.15) is 53.4 Å². The summed E-state index contributed by atoms with van der Waals surface area (Å²) in [5, 5.41) is 34.0. The Bertz CT molecular complexity index is 739. The molecule has 0 saturated heterocycles. The third-order valence-electron chi connectivity index (χ3n) is 4.76. The van der Waals surface area contributed by atoms with Crippen molar-refractivity contribution < 1.29 is 44.1 Å². The number of hydrogen-bond acceptors (Lipinski definition) is 7. The number of carbonyl (C=O) groups excluding carboxylic acids is 3. The van der Waals surface area contributed by atoms with Crippen LogP contribution in [0.4, 0.5) is 0 Å². The minimum Gasteiger partial charge on any atom is -0.481 e. The highest BCUT2D eigenvalue weighted by Gasteiger charge is 2.33. The SMILES string of the molecule is CC(C)[C@H](NC(=O)[C@@H](NC(=O)[C@H](CCC(=O)O)NC(=O)[C@@H](N)CCC(=O)O)C(C)C)C(=O)O. The van der Waals surface area contributed by atoms with Gasteiger partial charge in [0, 0.05) is 12.8 Å². The fourth-order valence-electron chi connectivity index (χ4n) is 2.77. The van der Waals surface area contributed by atoms with Gasteiger partial charge in [-0.25, -0.2) is 4.79 Å². The smallest absolute Gasteiger partial charge is 0.326 e. The molecular weight excluding hydrogens is 440 g/mol. The summed E-state index contributed by atoms with van der Waals surface area (Å²) in [6.45, 7) is 6.44. The van der Waals surface area contributed by atoms with Crippen molar-refractivity contribution in [2.75, 3.05) is 0 Å². The molecule has 0 fully saturated rings. The van der Waals surface area contributed by atoms with Crippen molar-refractivity contribution >= 4 is 35.6 Å². The predicted molar refractivity (Wildman–Crippen MR) is 115 cm³/mol. The van der Waals surface area contributed by atoms with Crippen molar-refractivity contribution in [2.45, 2.75) is 77.5 Å². The van der Waals surface area contributed by atoms with Gasteiger partial charge in [0.05, 0.1) is 6.04 Å². The van der Waals surface area contributed by atoms with Gasteiger partial charge in [0.25, 0.3) is 0 Å². The molecule has 13 nitrogen and oxygen atoms in total. The van der Waals surface area contributed by atoms with Gasteiger partial charge >= 0.3 is 17.9 Å². The molecule has 0 aromatic heterocycles. The Labute approximate surface area is 191 Å². The summed E-state index contributed by atoms with van der Waals surface area (Å²) in [6, 6.07) is -4.96. The van der Waals surface area contributed by atoms with Crippen LogP contribution in [-0.4, -0.2) is 75.1 Å². The Balaban J connectivity index is 5.46. The largest absolute Gasteiger partial charge is 0.481 e. The van der Waals surface area contributed by atoms with Crippen LogP contribution in [0.2, 0.25) is 0 Å². The zero-order valence-electron chi connectivity index (χ0n) is 19.2. The van der Waals surface area contributed by atoms with Crippen LogP contribution < -0.4 is 21.7 Å². The first kappa shape index (κ1) is 29.8. The molecule has 0 spiro atoms. The molecule has 3 amide bonds. The van der Waals surface area contributed by atoms with Gasteiger partial charge in [0.15, 0.2) is 0 Å². The van der Waals surface area contributed by atoms with Gasteiger partial charge in [-0.2, -0.15) is 0 Å². The van der Waals surface area contributed by atoms with Crippen molar-refractivity contribution in [3.05, 3.63) is 0 Å². The van der Waals surface area contributed by atoms with Crippen LogP contribution in [0.25, 0.3) is 0 Å². The molecule has 0 rings (SSSR count). The molecule has 0 unspecified atom stereocenters. The molecule has 8 N–H and O–H groups in total. The minimum absolute atomic E-state index is 0.197. The summed E-state index contributed by atoms with van der Waals surface area (Å²) in [5.41, 5.74) is 5.64. The first-order valence-corrected chi connectivity index (χ1v) is 10.5. The quantitative estimate of drug-likeness (QED) is 0.151. The maximum atomic E-state index is 12.8. The fraction of sp³-hybridized carbons (Fsp3) is 0.700. The van der Waals surface area contributed by atoms with Crippen LogP contribution in [-0.2, 0) is 28.8 Å². The second kappa shape index (κ2) is 14.0. The number of carboxylic acid groups (broad SMARTS) is 3. The van der Waals surface area contributed by atoms with Crippen molar-refractivity contribution in [3.63, 3.8) is 0 Å². The number of hydrogen-bond donors (Lipinski definition) is 7. The molecule has 0 aromatic rings. The van der Waals surface area contributed by atoms with E-state index in [1.807, 2.05) is 0 Å². The zero-order valence-corrected chi connectivity index (χ0v) is 19.2. The second-order valence-corrected chi connectivity index (χ2v) is 8.33. The van der Waals surface area contributed by atoms with E-state index in [0.29, 0.717) is 0 Å². The summed E-state index contributed by atoms with van der Waals surface area (Å²) in [6.07, 6.45) is -1.36. The maximum absolute atomic E-state index is 12.8. The molecule has 4 atom stereocenters. The second-order valence-electron chi connectivity index (χ2n) is 8.33. The summed E-state index contributed by atoms with van der Waals surface area (Å²) in [4.78, 5) is 70.7. The number of rotatable bonds is 15. The van der Waals surface area contributed by atoms with Gasteiger partial charge in [-0.3, -0.25) is 24.0 Å². The molecule has 13 heteroatoms. The normalized spacial score (nSPS) is 14.6. The van der Waals surface area contributed by atoms with E-state index >= 15 is 0 Å². The van der Waals surface area contributed by atoms with Crippen LogP contribution in [0.15, 0.2) is 0 Å². The minimum atomic E-state index is -1.36. The van der Waals surface area contributed by atoms with E-state index in [0.717, 1.165) is 0 Å². The average molecular weight is 475 g/mol. The van der Waals surface area contributed by atoms with Crippen molar-refractivity contribution in [3.8, 4) is 0 Å². The lowest BCUT2D eigenvalue weighted by Gasteiger charge is -2.27. The Hall–Kier alpha value is -3.22. The first-order valence-electron chi connectivity index (χ1n) is 10.5. The molecule has 0 heterocycles. The highest BCUT2D eigenvalue weighted by Crippen LogP contribution is 2.08. The van der Waals surface area contributed by atoms with E-state index in [-0.39, 0.29) is 19.3 Å². The van der Waals surface area contributed by atoms with Gasteiger partial charge in [-0.05, 0) is 24.7 Å². The van der Waals surface area contributed by atoms with E-state index in [1.165, 1.54) is 0 Å². The Kier molecular flexibility index (Phi) is 12.7. The molecule has 0 saturated carbocycles. The van der Waals surface area contributed by atoms with Crippen LogP contribution >= 0.6 is 0 Å². The monoisotopic (exact) mass is 474 g/mol. The van der Waals surface area contributed by atoms with Gasteiger partial charge in [0.2, 0.25) is 17.7 Å². The number of carbonyl (C=O) groups is 6. The highest BCUT2D eigenvalue weighted by molar-refractivity contribution is 5.94. The molecule has 0 aromatic carbocycles. The molecule has 0 aliphatic carbocycles. The number of aliphatic carboxylic acids is 3. The van der Waals surface area contributed by atoms with E-state index in [4.69, 9.17) is 15.9 Å². The third-order valence-corrected chi connectivity index (χ3v) is 4.76. The van der Waals surface area contributed by atoms with Crippen LogP contribution in [0.5, 0.6) is 0 Å². The summed E-state index contributed by atoms with van der Waals surface area (Å²) < 4.78 is 0. The number of amides is 3. The molecule has 33 heavy (non-hydrogen) atoms. The summed E-state index contributed by atoms with van der Waals surface area (Å²) >= 11 is 0. The van der Waals surface area contributed by atoms with E-state index in [1.54, 1.807) is 27.7 Å². The Morgan fingerprint density at radius 2 is 1.12 bits per heavy atom. The number of carboxylic acids is 3. The van der Waals surface area contributed by atoms with Crippen LogP contribution in [0, 0.1) is 11.8 Å². The van der Waals surface area contributed by atoms with E-state index in [9.17, 15) is 33.9 Å². The Morgan fingerprint density at radius 1 is 0.667 bits per heavy atom. The number of nitrogens with two attached hydrogens (primary N) is 1. The van der Waals surface area contributed by atoms with Crippen LogP contribution in [0.3, 0.4) is 0 Å². The van der Waals surface area contributed by atoms with E-state index in [2.05, 4.69) is 16.0 Å². The summed E-state index contributed by atoms with van der Waals surface area (Å²) in [7, 11) is 0. The topological polar surface area (TPSA) is 225 Å². The lowest BCUT2D eigenvalue weighted by atomic mass is 9.99. The average Bonchev–Trinajstić information content (AvgIpc) is 2.69. The standard InChI is InChI=1S/C20H34N4O9/c1-9(2)15(19(31)24-16(10(3)4)20(32)33)23-18(30)12(6-8-14(27)28)22-17(29)11(21)5-7-13(25)26/h9-12,15-16H,5-8,21H2,1-4H3,(H,22,29)(H,23,30)(H,24,31)(H,25,26)(H,27,28)(H,32,33)/t11-,12-,15-,16-/m0/s1. The van der Waals surface area contributed by atoms with Crippen molar-refractivity contribution in [2.24, 2.45) is 17.6 Å².